The molecule has 1 rings (SSSR count). The highest BCUT2D eigenvalue weighted by Crippen LogP contribution is 2.06. The number of hydrazine groups is 1. The Balaban J connectivity index is 0. The van der Waals surface area contributed by atoms with E-state index < -0.39 is 0 Å². The van der Waals surface area contributed by atoms with Gasteiger partial charge in [-0.05, 0) is 13.8 Å². The summed E-state index contributed by atoms with van der Waals surface area (Å²) in [7, 11) is 0. The van der Waals surface area contributed by atoms with Crippen molar-refractivity contribution in [3.63, 3.8) is 0 Å². The number of halogens is 2. The first kappa shape index (κ1) is 14.1. The van der Waals surface area contributed by atoms with Crippen molar-refractivity contribution in [2.24, 2.45) is 5.84 Å². The van der Waals surface area contributed by atoms with Gasteiger partial charge in [0.05, 0.1) is 5.69 Å². The summed E-state index contributed by atoms with van der Waals surface area (Å²) in [5, 5.41) is 4.17. The normalized spacial score (nSPS) is 8.25. The summed E-state index contributed by atoms with van der Waals surface area (Å²) in [6, 6.07) is 1.91. The van der Waals surface area contributed by atoms with Crippen LogP contribution in [0, 0.1) is 6.92 Å². The van der Waals surface area contributed by atoms with Crippen LogP contribution < -0.4 is 11.3 Å². The van der Waals surface area contributed by atoms with Crippen molar-refractivity contribution in [3.05, 3.63) is 11.8 Å². The van der Waals surface area contributed by atoms with Crippen molar-refractivity contribution in [3.8, 4) is 0 Å². The zero-order chi connectivity index (χ0) is 7.56. The molecule has 0 fully saturated rings. The topological polar surface area (TPSA) is 55.9 Å². The number of nitrogens with zero attached hydrogens (tertiary/aromatic N) is 2. The molecular formula is C6H14Cl2N4. The molecule has 72 valence electrons. The quantitative estimate of drug-likeness (QED) is 0.575. The molecule has 0 bridgehead atoms. The van der Waals surface area contributed by atoms with Gasteiger partial charge in [-0.1, -0.05) is 0 Å². The SMILES string of the molecule is CCn1nc(C)cc1NN.Cl.Cl. The highest BCUT2D eigenvalue weighted by atomic mass is 35.5. The molecule has 1 aromatic heterocycles. The first-order valence-corrected chi connectivity index (χ1v) is 3.29. The lowest BCUT2D eigenvalue weighted by Crippen LogP contribution is -2.12. The van der Waals surface area contributed by atoms with Crippen LogP contribution in [-0.2, 0) is 6.54 Å². The van der Waals surface area contributed by atoms with Gasteiger partial charge < -0.3 is 5.43 Å². The Kier molecular flexibility index (Phi) is 7.18. The molecule has 4 nitrogen and oxygen atoms in total. The van der Waals surface area contributed by atoms with Crippen molar-refractivity contribution in [1.82, 2.24) is 9.78 Å². The summed E-state index contributed by atoms with van der Waals surface area (Å²) < 4.78 is 1.81. The van der Waals surface area contributed by atoms with Crippen molar-refractivity contribution in [2.45, 2.75) is 20.4 Å². The number of nitrogen functional groups attached to an aromatic ring is 1. The highest BCUT2D eigenvalue weighted by molar-refractivity contribution is 5.85. The largest absolute Gasteiger partial charge is 0.309 e. The Bertz CT molecular complexity index is 202. The zero-order valence-corrected chi connectivity index (χ0v) is 8.71. The summed E-state index contributed by atoms with van der Waals surface area (Å²) in [5.74, 6) is 6.09. The molecule has 0 atom stereocenters. The van der Waals surface area contributed by atoms with Gasteiger partial charge in [0.25, 0.3) is 0 Å². The van der Waals surface area contributed by atoms with Crippen molar-refractivity contribution in [1.29, 1.82) is 0 Å². The Morgan fingerprint density at radius 3 is 2.50 bits per heavy atom. The summed E-state index contributed by atoms with van der Waals surface area (Å²) in [6.45, 7) is 4.80. The summed E-state index contributed by atoms with van der Waals surface area (Å²) >= 11 is 0. The van der Waals surface area contributed by atoms with E-state index in [-0.39, 0.29) is 24.8 Å². The molecule has 1 heterocycles. The Morgan fingerprint density at radius 2 is 2.17 bits per heavy atom. The molecule has 0 amide bonds. The fourth-order valence-corrected chi connectivity index (χ4v) is 0.903. The van der Waals surface area contributed by atoms with Crippen LogP contribution in [0.25, 0.3) is 0 Å². The minimum atomic E-state index is 0. The standard InChI is InChI=1S/C6H12N4.2ClH/c1-3-10-6(8-7)4-5(2)9-10;;/h4,8H,3,7H2,1-2H3;2*1H. The van der Waals surface area contributed by atoms with Gasteiger partial charge in [-0.3, -0.25) is 0 Å². The molecule has 0 aliphatic carbocycles. The second kappa shape index (κ2) is 6.11. The lowest BCUT2D eigenvalue weighted by Gasteiger charge is -2.00. The molecule has 12 heavy (non-hydrogen) atoms. The zero-order valence-electron chi connectivity index (χ0n) is 7.07. The van der Waals surface area contributed by atoms with E-state index in [4.69, 9.17) is 5.84 Å². The Labute approximate surface area is 84.3 Å². The monoisotopic (exact) mass is 212 g/mol. The molecule has 0 aliphatic heterocycles. The first-order valence-electron chi connectivity index (χ1n) is 3.29. The van der Waals surface area contributed by atoms with E-state index in [0.717, 1.165) is 18.1 Å². The predicted octanol–water partition coefficient (Wildman–Crippen LogP) is 1.34. The second-order valence-corrected chi connectivity index (χ2v) is 2.13. The van der Waals surface area contributed by atoms with Crippen LogP contribution in [0.15, 0.2) is 6.07 Å². The molecule has 0 saturated carbocycles. The van der Waals surface area contributed by atoms with Crippen LogP contribution >= 0.6 is 24.8 Å². The van der Waals surface area contributed by atoms with E-state index in [9.17, 15) is 0 Å². The fraction of sp³-hybridized carbons (Fsp3) is 0.500. The number of aryl methyl sites for hydroxylation is 2. The van der Waals surface area contributed by atoms with Gasteiger partial charge in [0.1, 0.15) is 5.82 Å². The lowest BCUT2D eigenvalue weighted by atomic mass is 10.5. The lowest BCUT2D eigenvalue weighted by molar-refractivity contribution is 0.659. The molecule has 6 heteroatoms. The maximum atomic E-state index is 5.23. The van der Waals surface area contributed by atoms with Gasteiger partial charge in [0.2, 0.25) is 0 Å². The molecule has 0 aliphatic rings. The third kappa shape index (κ3) is 2.89. The molecule has 0 spiro atoms. The smallest absolute Gasteiger partial charge is 0.138 e. The summed E-state index contributed by atoms with van der Waals surface area (Å²) in [4.78, 5) is 0. The van der Waals surface area contributed by atoms with Crippen molar-refractivity contribution >= 4 is 30.6 Å². The van der Waals surface area contributed by atoms with Crippen LogP contribution in [0.4, 0.5) is 5.82 Å². The maximum absolute atomic E-state index is 5.23. The van der Waals surface area contributed by atoms with Gasteiger partial charge >= 0.3 is 0 Å². The number of rotatable bonds is 2. The fourth-order valence-electron chi connectivity index (χ4n) is 0.903. The molecule has 0 aromatic carbocycles. The van der Waals surface area contributed by atoms with Crippen LogP contribution in [0.5, 0.6) is 0 Å². The van der Waals surface area contributed by atoms with Gasteiger partial charge in [0.15, 0.2) is 0 Å². The van der Waals surface area contributed by atoms with Crippen LogP contribution in [0.2, 0.25) is 0 Å². The van der Waals surface area contributed by atoms with Crippen LogP contribution in [0.3, 0.4) is 0 Å². The van der Waals surface area contributed by atoms with E-state index in [1.807, 2.05) is 24.6 Å². The first-order chi connectivity index (χ1) is 4.77. The number of aromatic nitrogens is 2. The average Bonchev–Trinajstić information content (AvgIpc) is 2.30. The van der Waals surface area contributed by atoms with E-state index in [0.29, 0.717) is 0 Å². The molecule has 0 unspecified atom stereocenters. The average molecular weight is 213 g/mol. The minimum Gasteiger partial charge on any atom is -0.309 e. The van der Waals surface area contributed by atoms with E-state index >= 15 is 0 Å². The van der Waals surface area contributed by atoms with Gasteiger partial charge in [0, 0.05) is 12.6 Å². The van der Waals surface area contributed by atoms with Crippen LogP contribution in [-0.4, -0.2) is 9.78 Å². The van der Waals surface area contributed by atoms with Gasteiger partial charge in [-0.2, -0.15) is 5.10 Å². The highest BCUT2D eigenvalue weighted by Gasteiger charge is 1.99. The van der Waals surface area contributed by atoms with E-state index in [1.54, 1.807) is 0 Å². The second-order valence-electron chi connectivity index (χ2n) is 2.13. The maximum Gasteiger partial charge on any atom is 0.138 e. The number of hydrogen-bond donors (Lipinski definition) is 2. The molecule has 0 saturated heterocycles. The molecule has 0 radical (unpaired) electrons. The number of anilines is 1. The van der Waals surface area contributed by atoms with Gasteiger partial charge in [-0.25, -0.2) is 10.5 Å². The van der Waals surface area contributed by atoms with Crippen LogP contribution in [0.1, 0.15) is 12.6 Å². The Morgan fingerprint density at radius 1 is 1.58 bits per heavy atom. The van der Waals surface area contributed by atoms with E-state index in [2.05, 4.69) is 10.5 Å². The molecule has 1 aromatic rings. The van der Waals surface area contributed by atoms with Gasteiger partial charge in [-0.15, -0.1) is 24.8 Å². The summed E-state index contributed by atoms with van der Waals surface area (Å²) in [6.07, 6.45) is 0. The van der Waals surface area contributed by atoms with E-state index in [1.165, 1.54) is 0 Å². The third-order valence-electron chi connectivity index (χ3n) is 1.35. The summed E-state index contributed by atoms with van der Waals surface area (Å²) in [5.41, 5.74) is 3.55. The molecule has 3 N–H and O–H groups in total. The number of hydrogen-bond acceptors (Lipinski definition) is 3. The number of nitrogens with two attached hydrogens (primary N) is 1. The number of nitrogens with one attached hydrogen (secondary N) is 1. The van der Waals surface area contributed by atoms with Crippen molar-refractivity contribution < 1.29 is 0 Å². The predicted molar refractivity (Wildman–Crippen MR) is 54.9 cm³/mol. The molecular weight excluding hydrogens is 199 g/mol. The Hall–Kier alpha value is -0.450. The third-order valence-corrected chi connectivity index (χ3v) is 1.35. The van der Waals surface area contributed by atoms with Crippen molar-refractivity contribution in [2.75, 3.05) is 5.43 Å². The minimum absolute atomic E-state index is 0.